The second-order valence-electron chi connectivity index (χ2n) is 2.82. The number of nitrogens with zero attached hydrogens (tertiary/aromatic N) is 1. The molecular formula is C10H5BrFNOS. The lowest BCUT2D eigenvalue weighted by atomic mass is 10.1. The van der Waals surface area contributed by atoms with Gasteiger partial charge in [-0.1, -0.05) is 6.07 Å². The van der Waals surface area contributed by atoms with Crippen molar-refractivity contribution >= 4 is 33.2 Å². The fraction of sp³-hybridized carbons (Fsp3) is 0. The highest BCUT2D eigenvalue weighted by Gasteiger charge is 2.16. The number of hydrogen-bond acceptors (Lipinski definition) is 3. The summed E-state index contributed by atoms with van der Waals surface area (Å²) in [5.74, 6) is -0.939. The molecule has 1 heterocycles. The van der Waals surface area contributed by atoms with Crippen molar-refractivity contribution in [1.29, 1.82) is 0 Å². The summed E-state index contributed by atoms with van der Waals surface area (Å²) in [4.78, 5) is 11.8. The zero-order chi connectivity index (χ0) is 10.8. The standard InChI is InChI=1S/C10H5BrFNOS/c11-7-3-1-2-6(9(7)12)10(14)8-4-5-15-13-8/h1-5H. The highest BCUT2D eigenvalue weighted by Crippen LogP contribution is 2.20. The van der Waals surface area contributed by atoms with Crippen LogP contribution >= 0.6 is 27.5 Å². The van der Waals surface area contributed by atoms with Crippen LogP contribution in [0.25, 0.3) is 0 Å². The van der Waals surface area contributed by atoms with E-state index in [0.717, 1.165) is 0 Å². The SMILES string of the molecule is O=C(c1ccsn1)c1cccc(Br)c1F. The zero-order valence-corrected chi connectivity index (χ0v) is 9.81. The molecule has 15 heavy (non-hydrogen) atoms. The molecule has 0 saturated heterocycles. The maximum atomic E-state index is 13.6. The van der Waals surface area contributed by atoms with E-state index in [1.165, 1.54) is 17.6 Å². The minimum atomic E-state index is -0.546. The Morgan fingerprint density at radius 1 is 1.40 bits per heavy atom. The second kappa shape index (κ2) is 4.20. The van der Waals surface area contributed by atoms with Crippen LogP contribution in [-0.2, 0) is 0 Å². The molecule has 0 unspecified atom stereocenters. The minimum Gasteiger partial charge on any atom is -0.287 e. The maximum absolute atomic E-state index is 13.6. The number of rotatable bonds is 2. The quantitative estimate of drug-likeness (QED) is 0.793. The fourth-order valence-corrected chi connectivity index (χ4v) is 2.02. The van der Waals surface area contributed by atoms with Crippen LogP contribution in [-0.4, -0.2) is 10.2 Å². The van der Waals surface area contributed by atoms with Gasteiger partial charge in [0, 0.05) is 5.38 Å². The Kier molecular flexibility index (Phi) is 2.93. The van der Waals surface area contributed by atoms with Gasteiger partial charge in [0.2, 0.25) is 5.78 Å². The number of aromatic nitrogens is 1. The Hall–Kier alpha value is -1.07. The summed E-state index contributed by atoms with van der Waals surface area (Å²) in [6.45, 7) is 0. The van der Waals surface area contributed by atoms with Crippen molar-refractivity contribution in [3.63, 3.8) is 0 Å². The summed E-state index contributed by atoms with van der Waals surface area (Å²) >= 11 is 4.20. The lowest BCUT2D eigenvalue weighted by Crippen LogP contribution is -2.04. The van der Waals surface area contributed by atoms with Crippen LogP contribution in [0.3, 0.4) is 0 Å². The van der Waals surface area contributed by atoms with E-state index in [1.54, 1.807) is 23.6 Å². The minimum absolute atomic E-state index is 0.0373. The average molecular weight is 286 g/mol. The molecule has 76 valence electrons. The van der Waals surface area contributed by atoms with E-state index < -0.39 is 11.6 Å². The van der Waals surface area contributed by atoms with E-state index in [0.29, 0.717) is 0 Å². The van der Waals surface area contributed by atoms with Crippen LogP contribution < -0.4 is 0 Å². The van der Waals surface area contributed by atoms with E-state index in [4.69, 9.17) is 0 Å². The Morgan fingerprint density at radius 2 is 2.20 bits per heavy atom. The van der Waals surface area contributed by atoms with Gasteiger partial charge in [-0.25, -0.2) is 4.39 Å². The maximum Gasteiger partial charge on any atom is 0.215 e. The molecular weight excluding hydrogens is 281 g/mol. The highest BCUT2D eigenvalue weighted by atomic mass is 79.9. The summed E-state index contributed by atoms with van der Waals surface area (Å²) in [5, 5.41) is 1.68. The highest BCUT2D eigenvalue weighted by molar-refractivity contribution is 9.10. The Labute approximate surface area is 98.0 Å². The fourth-order valence-electron chi connectivity index (χ4n) is 1.15. The predicted octanol–water partition coefficient (Wildman–Crippen LogP) is 3.28. The normalized spacial score (nSPS) is 10.3. The van der Waals surface area contributed by atoms with Crippen LogP contribution in [0.5, 0.6) is 0 Å². The van der Waals surface area contributed by atoms with E-state index in [1.807, 2.05) is 0 Å². The van der Waals surface area contributed by atoms with Gasteiger partial charge in [0.1, 0.15) is 11.5 Å². The van der Waals surface area contributed by atoms with Gasteiger partial charge in [0.05, 0.1) is 10.0 Å². The van der Waals surface area contributed by atoms with Crippen molar-refractivity contribution in [1.82, 2.24) is 4.37 Å². The summed E-state index contributed by atoms with van der Waals surface area (Å²) in [7, 11) is 0. The third kappa shape index (κ3) is 1.98. The van der Waals surface area contributed by atoms with Crippen molar-refractivity contribution in [2.24, 2.45) is 0 Å². The van der Waals surface area contributed by atoms with Gasteiger partial charge in [-0.3, -0.25) is 4.79 Å². The van der Waals surface area contributed by atoms with Gasteiger partial charge in [0.25, 0.3) is 0 Å². The number of benzene rings is 1. The van der Waals surface area contributed by atoms with Gasteiger partial charge < -0.3 is 0 Å². The molecule has 0 aliphatic carbocycles. The Morgan fingerprint density at radius 3 is 2.87 bits per heavy atom. The molecule has 5 heteroatoms. The lowest BCUT2D eigenvalue weighted by Gasteiger charge is -2.00. The molecule has 0 amide bonds. The van der Waals surface area contributed by atoms with Crippen molar-refractivity contribution in [2.75, 3.05) is 0 Å². The molecule has 2 rings (SSSR count). The smallest absolute Gasteiger partial charge is 0.215 e. The summed E-state index contributed by atoms with van der Waals surface area (Å²) < 4.78 is 17.7. The predicted molar refractivity (Wildman–Crippen MR) is 59.6 cm³/mol. The largest absolute Gasteiger partial charge is 0.287 e. The van der Waals surface area contributed by atoms with Crippen molar-refractivity contribution in [3.8, 4) is 0 Å². The topological polar surface area (TPSA) is 30.0 Å². The second-order valence-corrected chi connectivity index (χ2v) is 4.34. The van der Waals surface area contributed by atoms with Crippen LogP contribution in [0.1, 0.15) is 16.1 Å². The lowest BCUT2D eigenvalue weighted by molar-refractivity contribution is 0.103. The van der Waals surface area contributed by atoms with E-state index in [-0.39, 0.29) is 15.7 Å². The molecule has 0 spiro atoms. The first-order valence-corrected chi connectivity index (χ1v) is 5.72. The molecule has 0 radical (unpaired) electrons. The van der Waals surface area contributed by atoms with Gasteiger partial charge in [-0.15, -0.1) is 0 Å². The molecule has 0 bridgehead atoms. The van der Waals surface area contributed by atoms with Gasteiger partial charge >= 0.3 is 0 Å². The molecule has 0 atom stereocenters. The Balaban J connectivity index is 2.47. The van der Waals surface area contributed by atoms with Crippen molar-refractivity contribution in [3.05, 3.63) is 51.2 Å². The number of hydrogen-bond donors (Lipinski definition) is 0. The first kappa shape index (κ1) is 10.4. The monoisotopic (exact) mass is 285 g/mol. The van der Waals surface area contributed by atoms with E-state index in [2.05, 4.69) is 20.3 Å². The Bertz CT molecular complexity index is 498. The molecule has 2 aromatic rings. The van der Waals surface area contributed by atoms with Gasteiger partial charge in [0.15, 0.2) is 0 Å². The summed E-state index contributed by atoms with van der Waals surface area (Å²) in [6.07, 6.45) is 0. The molecule has 0 N–H and O–H groups in total. The van der Waals surface area contributed by atoms with Gasteiger partial charge in [-0.05, 0) is 45.7 Å². The van der Waals surface area contributed by atoms with Crippen LogP contribution in [0.4, 0.5) is 4.39 Å². The third-order valence-electron chi connectivity index (χ3n) is 1.87. The molecule has 1 aromatic carbocycles. The average Bonchev–Trinajstić information content (AvgIpc) is 2.74. The van der Waals surface area contributed by atoms with Crippen LogP contribution in [0.2, 0.25) is 0 Å². The zero-order valence-electron chi connectivity index (χ0n) is 7.41. The van der Waals surface area contributed by atoms with Crippen LogP contribution in [0, 0.1) is 5.82 Å². The van der Waals surface area contributed by atoms with Gasteiger partial charge in [-0.2, -0.15) is 4.37 Å². The van der Waals surface area contributed by atoms with E-state index in [9.17, 15) is 9.18 Å². The molecule has 0 fully saturated rings. The molecule has 1 aromatic heterocycles. The van der Waals surface area contributed by atoms with E-state index >= 15 is 0 Å². The molecule has 0 aliphatic rings. The molecule has 2 nitrogen and oxygen atoms in total. The first-order valence-electron chi connectivity index (χ1n) is 4.09. The number of carbonyl (C=O) groups excluding carboxylic acids is 1. The van der Waals surface area contributed by atoms with Crippen molar-refractivity contribution < 1.29 is 9.18 Å². The molecule has 0 aliphatic heterocycles. The number of carbonyl (C=O) groups is 1. The summed E-state index contributed by atoms with van der Waals surface area (Å²) in [6, 6.07) is 6.19. The summed E-state index contributed by atoms with van der Waals surface area (Å²) in [5.41, 5.74) is 0.312. The third-order valence-corrected chi connectivity index (χ3v) is 3.04. The molecule has 0 saturated carbocycles. The number of ketones is 1. The first-order chi connectivity index (χ1) is 7.20. The number of halogens is 2. The van der Waals surface area contributed by atoms with Crippen LogP contribution in [0.15, 0.2) is 34.1 Å². The van der Waals surface area contributed by atoms with Crippen molar-refractivity contribution in [2.45, 2.75) is 0 Å².